The third kappa shape index (κ3) is 8.28. The molecule has 0 radical (unpaired) electrons. The smallest absolute Gasteiger partial charge is 0.338 e. The van der Waals surface area contributed by atoms with Crippen molar-refractivity contribution in [1.29, 1.82) is 0 Å². The molecule has 4 aliphatic rings. The number of aromatic carboxylic acids is 1. The van der Waals surface area contributed by atoms with Gasteiger partial charge in [0.05, 0.1) is 30.4 Å². The number of aryl methyl sites for hydroxylation is 2. The van der Waals surface area contributed by atoms with Gasteiger partial charge in [-0.2, -0.15) is 0 Å². The van der Waals surface area contributed by atoms with Crippen molar-refractivity contribution in [3.05, 3.63) is 118 Å². The van der Waals surface area contributed by atoms with E-state index in [0.717, 1.165) is 12.0 Å². The van der Waals surface area contributed by atoms with Crippen molar-refractivity contribution in [2.45, 2.75) is 83.8 Å². The topological polar surface area (TPSA) is 125 Å². The minimum absolute atomic E-state index is 0.0205. The summed E-state index contributed by atoms with van der Waals surface area (Å²) in [6.45, 7) is 15.3. The van der Waals surface area contributed by atoms with Crippen molar-refractivity contribution >= 4 is 23.5 Å². The molecule has 1 N–H and O–H groups in total. The number of fused-ring (bicyclic) bond motifs is 2. The van der Waals surface area contributed by atoms with Gasteiger partial charge in [-0.3, -0.25) is 9.59 Å². The quantitative estimate of drug-likeness (QED) is 0.169. The number of carboxylic acid groups (broad SMARTS) is 1. The standard InChI is InChI=1S/C23H27FO4.C21H23FO5/c1-5-6-16-13-23(18(7-8-28-23)12-21(16)25)15(3)10-17-11-19(22(26)27-4)14(2)9-20(17)24;1-4-5-14-10-21(19(9-18(14)23)26-11-27-21)13(3)7-15-8-16(20(24)25)12(2)6-17(15)22/h5,9,11-12,15-16H,1,6-8,10,13H2,2-4H3;4,6,8-9,13-14H,1,5,7,10-11H2,2-3H3,(H,24,25)/t15-,16-,23+;13-,14-,21+/m00/s1. The second kappa shape index (κ2) is 17.0. The molecule has 0 aromatic heterocycles. The number of methoxy groups -OCH3 is 1. The summed E-state index contributed by atoms with van der Waals surface area (Å²) < 4.78 is 51.6. The Balaban J connectivity index is 0.000000211. The van der Waals surface area contributed by atoms with Crippen LogP contribution in [0.15, 0.2) is 73.1 Å². The van der Waals surface area contributed by atoms with E-state index in [1.807, 2.05) is 13.8 Å². The van der Waals surface area contributed by atoms with Gasteiger partial charge in [0.2, 0.25) is 0 Å². The first-order chi connectivity index (χ1) is 26.1. The lowest BCUT2D eigenvalue weighted by Crippen LogP contribution is -2.45. The first-order valence-corrected chi connectivity index (χ1v) is 18.6. The highest BCUT2D eigenvalue weighted by atomic mass is 19.1. The number of ether oxygens (including phenoxy) is 4. The second-order valence-corrected chi connectivity index (χ2v) is 15.1. The molecule has 55 heavy (non-hydrogen) atoms. The lowest BCUT2D eigenvalue weighted by molar-refractivity contribution is -0.123. The van der Waals surface area contributed by atoms with Crippen molar-refractivity contribution in [1.82, 2.24) is 0 Å². The molecule has 2 aliphatic carbocycles. The number of carbonyl (C=O) groups excluding carboxylic acids is 3. The zero-order valence-electron chi connectivity index (χ0n) is 32.2. The molecular weight excluding hydrogens is 710 g/mol. The molecule has 2 saturated heterocycles. The molecule has 0 bridgehead atoms. The van der Waals surface area contributed by atoms with Crippen LogP contribution in [-0.4, -0.2) is 60.3 Å². The highest BCUT2D eigenvalue weighted by molar-refractivity contribution is 5.95. The molecule has 6 atom stereocenters. The summed E-state index contributed by atoms with van der Waals surface area (Å²) in [5, 5.41) is 9.31. The summed E-state index contributed by atoms with van der Waals surface area (Å²) in [5.74, 6) is -2.45. The molecule has 6 rings (SSSR count). The SMILES string of the molecule is C=CC[C@H]1C[C@]2([C@@H](C)Cc3cc(C(=O)O)c(C)cc3F)OCOC2=CC1=O.C=CC[C@H]1C[C@]2([C@@H](C)Cc3cc(C(=O)OC)c(C)cc3F)OCCC2=CC1=O. The van der Waals surface area contributed by atoms with Gasteiger partial charge in [0.1, 0.15) is 23.0 Å². The van der Waals surface area contributed by atoms with Crippen molar-refractivity contribution in [3.63, 3.8) is 0 Å². The molecule has 2 aliphatic heterocycles. The Kier molecular flexibility index (Phi) is 12.8. The van der Waals surface area contributed by atoms with Gasteiger partial charge in [0, 0.05) is 17.9 Å². The monoisotopic (exact) mass is 760 g/mol. The summed E-state index contributed by atoms with van der Waals surface area (Å²) in [6, 6.07) is 5.59. The predicted octanol–water partition coefficient (Wildman–Crippen LogP) is 8.15. The predicted molar refractivity (Wildman–Crippen MR) is 201 cm³/mol. The molecule has 0 spiro atoms. The lowest BCUT2D eigenvalue weighted by atomic mass is 9.68. The van der Waals surface area contributed by atoms with Crippen LogP contribution in [0, 0.1) is 49.2 Å². The van der Waals surface area contributed by atoms with E-state index in [1.54, 1.807) is 38.1 Å². The van der Waals surface area contributed by atoms with E-state index in [4.69, 9.17) is 18.9 Å². The summed E-state index contributed by atoms with van der Waals surface area (Å²) >= 11 is 0. The fourth-order valence-corrected chi connectivity index (χ4v) is 8.56. The van der Waals surface area contributed by atoms with Crippen molar-refractivity contribution < 1.29 is 52.0 Å². The van der Waals surface area contributed by atoms with E-state index in [1.165, 1.54) is 31.4 Å². The van der Waals surface area contributed by atoms with Gasteiger partial charge in [-0.15, -0.1) is 13.2 Å². The Morgan fingerprint density at radius 1 is 0.873 bits per heavy atom. The Morgan fingerprint density at radius 3 is 1.96 bits per heavy atom. The number of halogens is 2. The van der Waals surface area contributed by atoms with Gasteiger partial charge in [0.15, 0.2) is 18.4 Å². The van der Waals surface area contributed by atoms with Crippen LogP contribution in [0.4, 0.5) is 8.78 Å². The maximum Gasteiger partial charge on any atom is 0.338 e. The average molecular weight is 761 g/mol. The molecular formula is C44H50F2O9. The molecule has 0 amide bonds. The van der Waals surface area contributed by atoms with Crippen molar-refractivity contribution in [3.8, 4) is 0 Å². The molecule has 2 heterocycles. The summed E-state index contributed by atoms with van der Waals surface area (Å²) in [7, 11) is 1.31. The van der Waals surface area contributed by atoms with Crippen LogP contribution in [0.3, 0.4) is 0 Å². The minimum atomic E-state index is -1.09. The van der Waals surface area contributed by atoms with Gasteiger partial charge in [-0.25, -0.2) is 18.4 Å². The van der Waals surface area contributed by atoms with Crippen LogP contribution in [-0.2, 0) is 41.4 Å². The van der Waals surface area contributed by atoms with E-state index >= 15 is 0 Å². The van der Waals surface area contributed by atoms with Crippen molar-refractivity contribution in [2.24, 2.45) is 23.7 Å². The van der Waals surface area contributed by atoms with Gasteiger partial charge < -0.3 is 24.1 Å². The van der Waals surface area contributed by atoms with E-state index in [9.17, 15) is 33.1 Å². The molecule has 2 aromatic carbocycles. The molecule has 2 aromatic rings. The first-order valence-electron chi connectivity index (χ1n) is 18.6. The molecule has 9 nitrogen and oxygen atoms in total. The normalized spacial score (nSPS) is 25.2. The number of allylic oxidation sites excluding steroid dienone is 4. The number of carbonyl (C=O) groups is 4. The van der Waals surface area contributed by atoms with E-state index in [2.05, 4.69) is 13.2 Å². The van der Waals surface area contributed by atoms with E-state index in [-0.39, 0.29) is 59.8 Å². The summed E-state index contributed by atoms with van der Waals surface area (Å²) in [4.78, 5) is 48.1. The van der Waals surface area contributed by atoms with Crippen LogP contribution in [0.25, 0.3) is 0 Å². The third-order valence-electron chi connectivity index (χ3n) is 11.7. The number of carboxylic acids is 1. The maximum absolute atomic E-state index is 14.7. The molecule has 0 unspecified atom stereocenters. The van der Waals surface area contributed by atoms with E-state index < -0.39 is 29.0 Å². The molecule has 294 valence electrons. The number of hydrogen-bond donors (Lipinski definition) is 1. The van der Waals surface area contributed by atoms with Crippen molar-refractivity contribution in [2.75, 3.05) is 20.5 Å². The van der Waals surface area contributed by atoms with Gasteiger partial charge in [-0.05, 0) is 129 Å². The maximum atomic E-state index is 14.7. The number of hydrogen-bond acceptors (Lipinski definition) is 8. The minimum Gasteiger partial charge on any atom is -0.478 e. The van der Waals surface area contributed by atoms with Crippen LogP contribution in [0.2, 0.25) is 0 Å². The average Bonchev–Trinajstić information content (AvgIpc) is 3.75. The molecule has 11 heteroatoms. The summed E-state index contributed by atoms with van der Waals surface area (Å²) in [5.41, 5.74) is 1.77. The number of rotatable bonds is 12. The Bertz CT molecular complexity index is 1950. The molecule has 2 fully saturated rings. The number of benzene rings is 2. The number of ketones is 2. The Labute approximate surface area is 321 Å². The molecule has 0 saturated carbocycles. The van der Waals surface area contributed by atoms with Gasteiger partial charge >= 0.3 is 11.9 Å². The second-order valence-electron chi connectivity index (χ2n) is 15.1. The Hall–Kier alpha value is -4.74. The van der Waals surface area contributed by atoms with Crippen LogP contribution >= 0.6 is 0 Å². The highest BCUT2D eigenvalue weighted by Crippen LogP contribution is 2.48. The van der Waals surface area contributed by atoms with Gasteiger partial charge in [0.25, 0.3) is 0 Å². The fourth-order valence-electron chi connectivity index (χ4n) is 8.56. The zero-order valence-corrected chi connectivity index (χ0v) is 32.2. The third-order valence-corrected chi connectivity index (χ3v) is 11.7. The van der Waals surface area contributed by atoms with E-state index in [0.29, 0.717) is 72.3 Å². The van der Waals surface area contributed by atoms with Crippen LogP contribution in [0.1, 0.15) is 88.9 Å². The number of esters is 1. The Morgan fingerprint density at radius 2 is 1.40 bits per heavy atom. The van der Waals surface area contributed by atoms with Gasteiger partial charge in [-0.1, -0.05) is 26.0 Å². The summed E-state index contributed by atoms with van der Waals surface area (Å²) in [6.07, 6.45) is 10.2. The highest BCUT2D eigenvalue weighted by Gasteiger charge is 2.52. The fraction of sp³-hybridized carbons (Fsp3) is 0.455. The van der Waals surface area contributed by atoms with Crippen LogP contribution < -0.4 is 0 Å². The lowest BCUT2D eigenvalue weighted by Gasteiger charge is -2.41. The first kappa shape index (κ1) is 41.4. The van der Waals surface area contributed by atoms with Crippen LogP contribution in [0.5, 0.6) is 0 Å². The zero-order chi connectivity index (χ0) is 40.2. The largest absolute Gasteiger partial charge is 0.478 e.